The molecule has 0 aromatic carbocycles. The number of rotatable bonds is 3. The molecule has 12 heavy (non-hydrogen) atoms. The van der Waals surface area contributed by atoms with Crippen LogP contribution in [0.2, 0.25) is 0 Å². The van der Waals surface area contributed by atoms with Crippen molar-refractivity contribution in [3.05, 3.63) is 0 Å². The Morgan fingerprint density at radius 3 is 2.67 bits per heavy atom. The molecule has 1 amide bonds. The molecular weight excluding hydrogens is 174 g/mol. The van der Waals surface area contributed by atoms with E-state index in [-0.39, 0.29) is 24.2 Å². The van der Waals surface area contributed by atoms with Gasteiger partial charge in [-0.1, -0.05) is 0 Å². The molecule has 0 aliphatic carbocycles. The molecule has 1 aliphatic rings. The van der Waals surface area contributed by atoms with Crippen molar-refractivity contribution in [2.24, 2.45) is 0 Å². The van der Waals surface area contributed by atoms with Crippen LogP contribution in [0, 0.1) is 0 Å². The van der Waals surface area contributed by atoms with E-state index >= 15 is 0 Å². The number of thioether (sulfide) groups is 1. The van der Waals surface area contributed by atoms with Gasteiger partial charge in [0, 0.05) is 11.8 Å². The molecule has 0 bridgehead atoms. The van der Waals surface area contributed by atoms with E-state index in [1.807, 2.05) is 13.2 Å². The number of amides is 1. The first-order chi connectivity index (χ1) is 5.65. The average molecular weight is 187 g/mol. The Balaban J connectivity index is 2.51. The fourth-order valence-corrected chi connectivity index (χ4v) is 2.00. The standard InChI is InChI=1S/C8H13NO2S/c1-6(5-12-2)9-4-7(10)3-8(9)11/h6H,3-5H2,1-2H3. The molecular formula is C8H13NO2S. The summed E-state index contributed by atoms with van der Waals surface area (Å²) in [5.41, 5.74) is 0. The van der Waals surface area contributed by atoms with Crippen LogP contribution in [0.4, 0.5) is 0 Å². The van der Waals surface area contributed by atoms with Crippen LogP contribution in [0.15, 0.2) is 0 Å². The zero-order chi connectivity index (χ0) is 9.14. The number of ketones is 1. The van der Waals surface area contributed by atoms with Gasteiger partial charge < -0.3 is 4.90 Å². The van der Waals surface area contributed by atoms with Crippen LogP contribution in [-0.4, -0.2) is 41.2 Å². The predicted molar refractivity (Wildman–Crippen MR) is 49.2 cm³/mol. The molecule has 1 heterocycles. The van der Waals surface area contributed by atoms with E-state index in [2.05, 4.69) is 0 Å². The molecule has 0 radical (unpaired) electrons. The van der Waals surface area contributed by atoms with E-state index in [9.17, 15) is 9.59 Å². The lowest BCUT2D eigenvalue weighted by Crippen LogP contribution is -2.36. The lowest BCUT2D eigenvalue weighted by molar-refractivity contribution is -0.129. The van der Waals surface area contributed by atoms with Crippen molar-refractivity contribution in [3.8, 4) is 0 Å². The minimum absolute atomic E-state index is 0.0125. The quantitative estimate of drug-likeness (QED) is 0.605. The highest BCUT2D eigenvalue weighted by atomic mass is 32.2. The van der Waals surface area contributed by atoms with Gasteiger partial charge in [-0.15, -0.1) is 0 Å². The highest BCUT2D eigenvalue weighted by Crippen LogP contribution is 2.13. The third-order valence-corrected chi connectivity index (χ3v) is 2.77. The number of carbonyl (C=O) groups excluding carboxylic acids is 2. The topological polar surface area (TPSA) is 37.4 Å². The minimum Gasteiger partial charge on any atom is -0.331 e. The summed E-state index contributed by atoms with van der Waals surface area (Å²) in [7, 11) is 0. The summed E-state index contributed by atoms with van der Waals surface area (Å²) in [6.07, 6.45) is 2.11. The number of Topliss-reactive ketones (excluding diaryl/α,β-unsaturated/α-hetero) is 1. The van der Waals surface area contributed by atoms with Gasteiger partial charge in [-0.25, -0.2) is 0 Å². The van der Waals surface area contributed by atoms with E-state index in [0.717, 1.165) is 5.75 Å². The Labute approximate surface area is 76.5 Å². The van der Waals surface area contributed by atoms with Gasteiger partial charge in [0.05, 0.1) is 13.0 Å². The van der Waals surface area contributed by atoms with Crippen LogP contribution >= 0.6 is 11.8 Å². The van der Waals surface area contributed by atoms with E-state index in [4.69, 9.17) is 0 Å². The normalized spacial score (nSPS) is 20.3. The first-order valence-corrected chi connectivity index (χ1v) is 5.34. The smallest absolute Gasteiger partial charge is 0.230 e. The van der Waals surface area contributed by atoms with Crippen molar-refractivity contribution < 1.29 is 9.59 Å². The molecule has 4 heteroatoms. The maximum atomic E-state index is 11.2. The molecule has 1 atom stereocenters. The van der Waals surface area contributed by atoms with E-state index in [1.54, 1.807) is 16.7 Å². The van der Waals surface area contributed by atoms with E-state index in [0.29, 0.717) is 6.54 Å². The van der Waals surface area contributed by atoms with E-state index < -0.39 is 0 Å². The van der Waals surface area contributed by atoms with Gasteiger partial charge in [0.15, 0.2) is 5.78 Å². The number of hydrogen-bond acceptors (Lipinski definition) is 3. The van der Waals surface area contributed by atoms with Gasteiger partial charge in [-0.2, -0.15) is 11.8 Å². The Bertz CT molecular complexity index is 205. The average Bonchev–Trinajstić information content (AvgIpc) is 2.30. The second-order valence-electron chi connectivity index (χ2n) is 3.04. The first-order valence-electron chi connectivity index (χ1n) is 3.95. The van der Waals surface area contributed by atoms with Crippen LogP contribution in [0.1, 0.15) is 13.3 Å². The number of nitrogens with zero attached hydrogens (tertiary/aromatic N) is 1. The number of likely N-dealkylation sites (tertiary alicyclic amines) is 1. The SMILES string of the molecule is CSCC(C)N1CC(=O)CC1=O. The third-order valence-electron chi connectivity index (χ3n) is 1.96. The third kappa shape index (κ3) is 2.00. The zero-order valence-corrected chi connectivity index (χ0v) is 8.19. The highest BCUT2D eigenvalue weighted by molar-refractivity contribution is 7.98. The van der Waals surface area contributed by atoms with Crippen molar-refractivity contribution in [2.75, 3.05) is 18.6 Å². The Hall–Kier alpha value is -0.510. The molecule has 0 aromatic rings. The largest absolute Gasteiger partial charge is 0.331 e. The van der Waals surface area contributed by atoms with Crippen LogP contribution in [-0.2, 0) is 9.59 Å². The summed E-state index contributed by atoms with van der Waals surface area (Å²) in [5.74, 6) is 0.938. The van der Waals surface area contributed by atoms with Crippen molar-refractivity contribution in [1.82, 2.24) is 4.90 Å². The van der Waals surface area contributed by atoms with Crippen molar-refractivity contribution >= 4 is 23.5 Å². The highest BCUT2D eigenvalue weighted by Gasteiger charge is 2.30. The van der Waals surface area contributed by atoms with Gasteiger partial charge >= 0.3 is 0 Å². The molecule has 1 fully saturated rings. The second-order valence-corrected chi connectivity index (χ2v) is 3.95. The second kappa shape index (κ2) is 3.94. The molecule has 0 N–H and O–H groups in total. The van der Waals surface area contributed by atoms with Crippen molar-refractivity contribution in [2.45, 2.75) is 19.4 Å². The monoisotopic (exact) mass is 187 g/mol. The molecule has 1 unspecified atom stereocenters. The minimum atomic E-state index is -0.0125. The number of carbonyl (C=O) groups is 2. The summed E-state index contributed by atoms with van der Waals surface area (Å²) in [5, 5.41) is 0. The summed E-state index contributed by atoms with van der Waals surface area (Å²) >= 11 is 1.69. The molecule has 1 aliphatic heterocycles. The maximum Gasteiger partial charge on any atom is 0.230 e. The van der Waals surface area contributed by atoms with Gasteiger partial charge in [0.1, 0.15) is 0 Å². The van der Waals surface area contributed by atoms with Crippen LogP contribution in [0.5, 0.6) is 0 Å². The van der Waals surface area contributed by atoms with Crippen molar-refractivity contribution in [1.29, 1.82) is 0 Å². The van der Waals surface area contributed by atoms with Crippen LogP contribution in [0.25, 0.3) is 0 Å². The molecule has 0 spiro atoms. The lowest BCUT2D eigenvalue weighted by atomic mass is 10.3. The lowest BCUT2D eigenvalue weighted by Gasteiger charge is -2.22. The van der Waals surface area contributed by atoms with Gasteiger partial charge in [-0.05, 0) is 13.2 Å². The zero-order valence-electron chi connectivity index (χ0n) is 7.37. The van der Waals surface area contributed by atoms with Crippen LogP contribution < -0.4 is 0 Å². The molecule has 68 valence electrons. The predicted octanol–water partition coefficient (Wildman–Crippen LogP) is 0.539. The first kappa shape index (κ1) is 9.58. The summed E-state index contributed by atoms with van der Waals surface area (Å²) in [6.45, 7) is 2.30. The number of hydrogen-bond donors (Lipinski definition) is 0. The van der Waals surface area contributed by atoms with Gasteiger partial charge in [-0.3, -0.25) is 9.59 Å². The molecule has 1 rings (SSSR count). The van der Waals surface area contributed by atoms with Crippen molar-refractivity contribution in [3.63, 3.8) is 0 Å². The van der Waals surface area contributed by atoms with Gasteiger partial charge in [0.2, 0.25) is 5.91 Å². The maximum absolute atomic E-state index is 11.2. The van der Waals surface area contributed by atoms with E-state index in [1.165, 1.54) is 0 Å². The Morgan fingerprint density at radius 1 is 1.58 bits per heavy atom. The molecule has 3 nitrogen and oxygen atoms in total. The molecule has 0 aromatic heterocycles. The fraction of sp³-hybridized carbons (Fsp3) is 0.750. The fourth-order valence-electron chi connectivity index (χ4n) is 1.34. The summed E-state index contributed by atoms with van der Waals surface area (Å²) in [4.78, 5) is 23.8. The molecule has 0 saturated carbocycles. The summed E-state index contributed by atoms with van der Waals surface area (Å²) in [6, 6.07) is 0.193. The van der Waals surface area contributed by atoms with Gasteiger partial charge in [0.25, 0.3) is 0 Å². The Kier molecular flexibility index (Phi) is 3.14. The Morgan fingerprint density at radius 2 is 2.25 bits per heavy atom. The molecule has 1 saturated heterocycles. The summed E-state index contributed by atoms with van der Waals surface area (Å²) < 4.78 is 0. The van der Waals surface area contributed by atoms with Crippen LogP contribution in [0.3, 0.4) is 0 Å².